The molecule has 1 atom stereocenters. The standard InChI is InChI=1S/C15H23N5O2S/c1-5-16-6-7-17-13(21)10(3)18-14(22)12-8-11-9(2)19-20(4)15(11)23-12/h8,10,16H,5-7H2,1-4H3,(H,17,21)(H,18,22). The molecule has 0 spiro atoms. The molecule has 0 radical (unpaired) electrons. The maximum atomic E-state index is 12.3. The molecule has 0 aliphatic carbocycles. The van der Waals surface area contributed by atoms with E-state index in [0.717, 1.165) is 22.5 Å². The Morgan fingerprint density at radius 3 is 2.78 bits per heavy atom. The van der Waals surface area contributed by atoms with E-state index in [1.807, 2.05) is 27.0 Å². The number of thiophene rings is 1. The van der Waals surface area contributed by atoms with Gasteiger partial charge in [-0.15, -0.1) is 11.3 Å². The number of nitrogens with zero attached hydrogens (tertiary/aromatic N) is 2. The normalized spacial score (nSPS) is 12.3. The van der Waals surface area contributed by atoms with Crippen LogP contribution >= 0.6 is 11.3 Å². The summed E-state index contributed by atoms with van der Waals surface area (Å²) in [6.07, 6.45) is 0. The van der Waals surface area contributed by atoms with Crippen molar-refractivity contribution in [2.24, 2.45) is 7.05 Å². The first kappa shape index (κ1) is 17.4. The molecule has 7 nitrogen and oxygen atoms in total. The Bertz CT molecular complexity index is 672. The molecule has 0 bridgehead atoms. The Morgan fingerprint density at radius 2 is 2.13 bits per heavy atom. The van der Waals surface area contributed by atoms with E-state index in [2.05, 4.69) is 21.0 Å². The second kappa shape index (κ2) is 7.56. The third kappa shape index (κ3) is 4.08. The third-order valence-electron chi connectivity index (χ3n) is 3.51. The Balaban J connectivity index is 1.94. The third-order valence-corrected chi connectivity index (χ3v) is 4.71. The topological polar surface area (TPSA) is 88.0 Å². The molecule has 2 heterocycles. The lowest BCUT2D eigenvalue weighted by molar-refractivity contribution is -0.122. The quantitative estimate of drug-likeness (QED) is 0.652. The number of rotatable bonds is 7. The molecule has 3 N–H and O–H groups in total. The molecule has 1 unspecified atom stereocenters. The molecule has 0 saturated heterocycles. The molecule has 126 valence electrons. The van der Waals surface area contributed by atoms with Crippen molar-refractivity contribution in [1.29, 1.82) is 0 Å². The lowest BCUT2D eigenvalue weighted by Gasteiger charge is -2.13. The number of amides is 2. The number of nitrogens with one attached hydrogen (secondary N) is 3. The maximum absolute atomic E-state index is 12.3. The zero-order chi connectivity index (χ0) is 17.0. The minimum atomic E-state index is -0.575. The van der Waals surface area contributed by atoms with Crippen molar-refractivity contribution in [3.63, 3.8) is 0 Å². The predicted molar refractivity (Wildman–Crippen MR) is 91.8 cm³/mol. The summed E-state index contributed by atoms with van der Waals surface area (Å²) in [6.45, 7) is 7.72. The molecule has 2 amide bonds. The smallest absolute Gasteiger partial charge is 0.262 e. The van der Waals surface area contributed by atoms with Crippen LogP contribution in [0.25, 0.3) is 10.2 Å². The van der Waals surface area contributed by atoms with E-state index in [1.54, 1.807) is 11.6 Å². The molecule has 0 aromatic carbocycles. The summed E-state index contributed by atoms with van der Waals surface area (Å²) in [5.41, 5.74) is 0.895. The minimum Gasteiger partial charge on any atom is -0.353 e. The van der Waals surface area contributed by atoms with Crippen LogP contribution in [0.4, 0.5) is 0 Å². The van der Waals surface area contributed by atoms with Gasteiger partial charge in [0.1, 0.15) is 10.9 Å². The second-order valence-corrected chi connectivity index (χ2v) is 6.41. The molecule has 2 rings (SSSR count). The van der Waals surface area contributed by atoms with E-state index in [1.165, 1.54) is 11.3 Å². The highest BCUT2D eigenvalue weighted by molar-refractivity contribution is 7.20. The van der Waals surface area contributed by atoms with Crippen molar-refractivity contribution in [2.75, 3.05) is 19.6 Å². The molecule has 23 heavy (non-hydrogen) atoms. The van der Waals surface area contributed by atoms with Crippen LogP contribution in [0, 0.1) is 6.92 Å². The largest absolute Gasteiger partial charge is 0.353 e. The van der Waals surface area contributed by atoms with Crippen molar-refractivity contribution in [1.82, 2.24) is 25.7 Å². The number of aryl methyl sites for hydroxylation is 2. The number of fused-ring (bicyclic) bond motifs is 1. The first-order chi connectivity index (χ1) is 10.9. The molecular formula is C15H23N5O2S. The molecule has 0 saturated carbocycles. The number of likely N-dealkylation sites (N-methyl/N-ethyl adjacent to an activating group) is 1. The first-order valence-electron chi connectivity index (χ1n) is 7.66. The summed E-state index contributed by atoms with van der Waals surface area (Å²) >= 11 is 1.38. The van der Waals surface area contributed by atoms with Crippen molar-refractivity contribution >= 4 is 33.4 Å². The lowest BCUT2D eigenvalue weighted by Crippen LogP contribution is -2.46. The molecule has 0 fully saturated rings. The predicted octanol–water partition coefficient (Wildman–Crippen LogP) is 0.787. The van der Waals surface area contributed by atoms with Crippen LogP contribution < -0.4 is 16.0 Å². The van der Waals surface area contributed by atoms with Crippen molar-refractivity contribution in [3.05, 3.63) is 16.6 Å². The van der Waals surface area contributed by atoms with Crippen LogP contribution in [-0.4, -0.2) is 47.3 Å². The maximum Gasteiger partial charge on any atom is 0.262 e. The number of hydrogen-bond donors (Lipinski definition) is 3. The van der Waals surface area contributed by atoms with E-state index in [-0.39, 0.29) is 11.8 Å². The zero-order valence-electron chi connectivity index (χ0n) is 13.9. The van der Waals surface area contributed by atoms with E-state index in [0.29, 0.717) is 18.0 Å². The van der Waals surface area contributed by atoms with Gasteiger partial charge in [0.2, 0.25) is 5.91 Å². The van der Waals surface area contributed by atoms with Gasteiger partial charge < -0.3 is 16.0 Å². The van der Waals surface area contributed by atoms with Gasteiger partial charge in [-0.1, -0.05) is 6.92 Å². The molecule has 8 heteroatoms. The highest BCUT2D eigenvalue weighted by atomic mass is 32.1. The monoisotopic (exact) mass is 337 g/mol. The summed E-state index contributed by atoms with van der Waals surface area (Å²) < 4.78 is 1.77. The van der Waals surface area contributed by atoms with Crippen LogP contribution in [-0.2, 0) is 11.8 Å². The van der Waals surface area contributed by atoms with E-state index in [4.69, 9.17) is 0 Å². The van der Waals surface area contributed by atoms with Gasteiger partial charge in [-0.2, -0.15) is 5.10 Å². The average Bonchev–Trinajstić information content (AvgIpc) is 3.06. The Morgan fingerprint density at radius 1 is 1.39 bits per heavy atom. The van der Waals surface area contributed by atoms with Gasteiger partial charge in [0, 0.05) is 25.5 Å². The summed E-state index contributed by atoms with van der Waals surface area (Å²) in [7, 11) is 1.86. The van der Waals surface area contributed by atoms with Gasteiger partial charge in [0.15, 0.2) is 0 Å². The van der Waals surface area contributed by atoms with Crippen LogP contribution in [0.2, 0.25) is 0 Å². The molecule has 0 aliphatic rings. The average molecular weight is 337 g/mol. The summed E-state index contributed by atoms with van der Waals surface area (Å²) in [4.78, 5) is 25.8. The fourth-order valence-electron chi connectivity index (χ4n) is 2.25. The number of carbonyl (C=O) groups is 2. The number of hydrogen-bond acceptors (Lipinski definition) is 5. The van der Waals surface area contributed by atoms with Gasteiger partial charge in [0.25, 0.3) is 5.91 Å². The Kier molecular flexibility index (Phi) is 5.73. The molecule has 0 aliphatic heterocycles. The van der Waals surface area contributed by atoms with Crippen LogP contribution in [0.5, 0.6) is 0 Å². The van der Waals surface area contributed by atoms with Gasteiger partial charge >= 0.3 is 0 Å². The van der Waals surface area contributed by atoms with E-state index >= 15 is 0 Å². The van der Waals surface area contributed by atoms with Gasteiger partial charge in [-0.25, -0.2) is 0 Å². The fourth-order valence-corrected chi connectivity index (χ4v) is 3.28. The highest BCUT2D eigenvalue weighted by Crippen LogP contribution is 2.27. The summed E-state index contributed by atoms with van der Waals surface area (Å²) in [6, 6.07) is 1.25. The van der Waals surface area contributed by atoms with Gasteiger partial charge in [-0.3, -0.25) is 14.3 Å². The Labute approximate surface area is 139 Å². The van der Waals surface area contributed by atoms with Gasteiger partial charge in [-0.05, 0) is 26.5 Å². The van der Waals surface area contributed by atoms with E-state index in [9.17, 15) is 9.59 Å². The highest BCUT2D eigenvalue weighted by Gasteiger charge is 2.19. The zero-order valence-corrected chi connectivity index (χ0v) is 14.7. The number of carbonyl (C=O) groups excluding carboxylic acids is 2. The van der Waals surface area contributed by atoms with Crippen molar-refractivity contribution in [2.45, 2.75) is 26.8 Å². The lowest BCUT2D eigenvalue weighted by atomic mass is 10.2. The van der Waals surface area contributed by atoms with Gasteiger partial charge in [0.05, 0.1) is 10.6 Å². The van der Waals surface area contributed by atoms with Crippen LogP contribution in [0.1, 0.15) is 29.2 Å². The van der Waals surface area contributed by atoms with Crippen molar-refractivity contribution < 1.29 is 9.59 Å². The first-order valence-corrected chi connectivity index (χ1v) is 8.48. The molecule has 2 aromatic rings. The van der Waals surface area contributed by atoms with Crippen molar-refractivity contribution in [3.8, 4) is 0 Å². The molecule has 2 aromatic heterocycles. The fraction of sp³-hybridized carbons (Fsp3) is 0.533. The summed E-state index contributed by atoms with van der Waals surface area (Å²) in [5, 5.41) is 13.9. The minimum absolute atomic E-state index is 0.185. The van der Waals surface area contributed by atoms with Crippen LogP contribution in [0.15, 0.2) is 6.07 Å². The summed E-state index contributed by atoms with van der Waals surface area (Å²) in [5.74, 6) is -0.421. The Hall–Kier alpha value is -1.93. The molecular weight excluding hydrogens is 314 g/mol. The second-order valence-electron chi connectivity index (χ2n) is 5.38. The van der Waals surface area contributed by atoms with Crippen LogP contribution in [0.3, 0.4) is 0 Å². The van der Waals surface area contributed by atoms with E-state index < -0.39 is 6.04 Å². The number of aromatic nitrogens is 2. The SMILES string of the molecule is CCNCCNC(=O)C(C)NC(=O)c1cc2c(C)nn(C)c2s1.